The van der Waals surface area contributed by atoms with Crippen molar-refractivity contribution in [3.8, 4) is 0 Å². The quantitative estimate of drug-likeness (QED) is 0.0479. The van der Waals surface area contributed by atoms with E-state index in [-0.39, 0.29) is 35.9 Å². The van der Waals surface area contributed by atoms with Gasteiger partial charge in [0.05, 0.1) is 0 Å². The van der Waals surface area contributed by atoms with Crippen molar-refractivity contribution >= 4 is 41.0 Å². The van der Waals surface area contributed by atoms with Crippen molar-refractivity contribution in [3.05, 3.63) is 0 Å². The predicted octanol–water partition coefficient (Wildman–Crippen LogP) is 20.6. The molecule has 0 aromatic rings. The van der Waals surface area contributed by atoms with Gasteiger partial charge in [-0.2, -0.15) is 0 Å². The van der Waals surface area contributed by atoms with Crippen molar-refractivity contribution in [3.63, 3.8) is 0 Å². The first-order valence-electron chi connectivity index (χ1n) is 32.9. The Morgan fingerprint density at radius 3 is 0.438 bits per heavy atom. The van der Waals surface area contributed by atoms with Crippen LogP contribution >= 0.6 is 0 Å². The van der Waals surface area contributed by atoms with E-state index in [0.29, 0.717) is 6.42 Å². The molecule has 0 spiro atoms. The van der Waals surface area contributed by atoms with Crippen LogP contribution in [0.2, 0.25) is 0 Å². The van der Waals surface area contributed by atoms with E-state index in [2.05, 4.69) is 20.8 Å². The van der Waals surface area contributed by atoms with E-state index in [0.717, 1.165) is 38.5 Å². The van der Waals surface area contributed by atoms with Crippen molar-refractivity contribution < 1.29 is 29.7 Å². The molecule has 0 amide bonds. The maximum absolute atomic E-state index is 10.4. The summed E-state index contributed by atoms with van der Waals surface area (Å²) in [4.78, 5) is 30.9. The summed E-state index contributed by atoms with van der Waals surface area (Å²) in [6.07, 6.45) is 77.6. The zero-order valence-electron chi connectivity index (χ0n) is 50.1. The molecular weight excluding hydrogens is 913 g/mol. The van der Waals surface area contributed by atoms with Crippen molar-refractivity contribution in [1.82, 2.24) is 0 Å². The molecule has 0 unspecified atom stereocenters. The maximum atomic E-state index is 10.4. The molecule has 73 heavy (non-hydrogen) atoms. The topological polar surface area (TPSA) is 118 Å². The fraction of sp³-hybridized carbons (Fsp3) is 0.955. The van der Waals surface area contributed by atoms with Crippen LogP contribution in [-0.4, -0.2) is 46.1 Å². The van der Waals surface area contributed by atoms with Crippen LogP contribution in [0.3, 0.4) is 0 Å². The summed E-state index contributed by atoms with van der Waals surface area (Å²) in [6, 6.07) is 0. The van der Waals surface area contributed by atoms with Gasteiger partial charge in [-0.15, -0.1) is 0 Å². The summed E-state index contributed by atoms with van der Waals surface area (Å²) >= 11 is 0. The van der Waals surface area contributed by atoms with Gasteiger partial charge in [0, 0.05) is 18.4 Å². The maximum Gasteiger partial charge on any atom is 2.00 e. The Morgan fingerprint density at radius 2 is 0.329 bits per heavy atom. The predicted molar refractivity (Wildman–Crippen MR) is 317 cm³/mol. The third-order valence-corrected chi connectivity index (χ3v) is 15.0. The first-order valence-corrected chi connectivity index (χ1v) is 32.9. The molecule has 0 heterocycles. The Morgan fingerprint density at radius 1 is 0.219 bits per heavy atom. The third kappa shape index (κ3) is 88.1. The molecule has 0 saturated carbocycles. The molecule has 432 valence electrons. The monoisotopic (exact) mass is 1040 g/mol. The molecule has 0 atom stereocenters. The van der Waals surface area contributed by atoms with Crippen LogP contribution in [0.1, 0.15) is 406 Å². The molecule has 0 aliphatic rings. The van der Waals surface area contributed by atoms with E-state index in [9.17, 15) is 24.6 Å². The summed E-state index contributed by atoms with van der Waals surface area (Å²) < 4.78 is 0. The van der Waals surface area contributed by atoms with Crippen molar-refractivity contribution in [2.24, 2.45) is 0 Å². The van der Waals surface area contributed by atoms with Crippen LogP contribution in [0.5, 0.6) is 0 Å². The van der Waals surface area contributed by atoms with E-state index < -0.39 is 17.9 Å². The second-order valence-corrected chi connectivity index (χ2v) is 22.5. The van der Waals surface area contributed by atoms with Gasteiger partial charge in [0.15, 0.2) is 0 Å². The van der Waals surface area contributed by atoms with Crippen LogP contribution < -0.4 is 10.2 Å². The van der Waals surface area contributed by atoms with Crippen LogP contribution in [0.4, 0.5) is 0 Å². The first kappa shape index (κ1) is 78.7. The fourth-order valence-corrected chi connectivity index (χ4v) is 10.1. The van der Waals surface area contributed by atoms with E-state index in [1.165, 1.54) is 327 Å². The average molecular weight is 1040 g/mol. The summed E-state index contributed by atoms with van der Waals surface area (Å²) in [5, 5.41) is 29.1. The summed E-state index contributed by atoms with van der Waals surface area (Å²) in [5.74, 6) is -2.45. The van der Waals surface area contributed by atoms with Crippen LogP contribution in [0, 0.1) is 0 Å². The Bertz CT molecular complexity index is 882. The van der Waals surface area contributed by atoms with Gasteiger partial charge in [0.2, 0.25) is 0 Å². The zero-order valence-corrected chi connectivity index (χ0v) is 51.5. The van der Waals surface area contributed by atoms with Crippen LogP contribution in [-0.2, 0) is 14.4 Å². The first-order chi connectivity index (χ1) is 35.3. The number of aliphatic carboxylic acids is 3. The normalized spacial score (nSPS) is 10.9. The van der Waals surface area contributed by atoms with Crippen LogP contribution in [0.15, 0.2) is 0 Å². The minimum absolute atomic E-state index is 0. The van der Waals surface area contributed by atoms with Gasteiger partial charge in [0.1, 0.15) is 0 Å². The molecule has 0 radical (unpaired) electrons. The average Bonchev–Trinajstić information content (AvgIpc) is 3.36. The number of rotatable bonds is 60. The molecule has 0 aliphatic carbocycles. The number of unbranched alkanes of at least 4 members (excludes halogenated alkanes) is 54. The standard InChI is InChI=1S/3C22H44O2.Mg/c3*1-2-3-4-5-6-7-8-9-10-11-12-13-14-15-16-17-18-19-20-21-22(23)24;/h3*2-21H2,1H3,(H,23,24);/q;;;+2/p-2. The molecule has 0 aromatic carbocycles. The summed E-state index contributed by atoms with van der Waals surface area (Å²) in [7, 11) is 0. The number of carboxylic acid groups (broad SMARTS) is 3. The molecule has 0 rings (SSSR count). The van der Waals surface area contributed by atoms with Gasteiger partial charge in [-0.1, -0.05) is 367 Å². The second kappa shape index (κ2) is 75.4. The molecule has 0 bridgehead atoms. The Kier molecular flexibility index (Phi) is 81.3. The van der Waals surface area contributed by atoms with Gasteiger partial charge >= 0.3 is 29.0 Å². The number of carboxylic acids is 3. The molecule has 1 N–H and O–H groups in total. The smallest absolute Gasteiger partial charge is 0.550 e. The van der Waals surface area contributed by atoms with Gasteiger partial charge < -0.3 is 24.9 Å². The van der Waals surface area contributed by atoms with Crippen molar-refractivity contribution in [2.75, 3.05) is 0 Å². The number of carbonyl (C=O) groups is 3. The van der Waals surface area contributed by atoms with Gasteiger partial charge in [-0.3, -0.25) is 4.79 Å². The van der Waals surface area contributed by atoms with Crippen molar-refractivity contribution in [2.45, 2.75) is 406 Å². The largest absolute Gasteiger partial charge is 2.00 e. The van der Waals surface area contributed by atoms with E-state index in [1.54, 1.807) is 0 Å². The molecule has 0 saturated heterocycles. The van der Waals surface area contributed by atoms with E-state index in [1.807, 2.05) is 0 Å². The van der Waals surface area contributed by atoms with Gasteiger partial charge in [-0.05, 0) is 32.1 Å². The second-order valence-electron chi connectivity index (χ2n) is 22.5. The Labute approximate surface area is 474 Å². The Hall–Kier alpha value is -0.824. The van der Waals surface area contributed by atoms with E-state index in [4.69, 9.17) is 5.11 Å². The minimum Gasteiger partial charge on any atom is -0.550 e. The molecule has 7 heteroatoms. The van der Waals surface area contributed by atoms with Crippen molar-refractivity contribution in [1.29, 1.82) is 0 Å². The minimum atomic E-state index is -0.901. The molecule has 0 fully saturated rings. The fourth-order valence-electron chi connectivity index (χ4n) is 10.1. The zero-order chi connectivity index (χ0) is 53.2. The Balaban J connectivity index is -0.000000486. The summed E-state index contributed by atoms with van der Waals surface area (Å²) in [5.41, 5.74) is 0. The van der Waals surface area contributed by atoms with E-state index >= 15 is 0 Å². The number of hydrogen-bond acceptors (Lipinski definition) is 5. The number of carbonyl (C=O) groups excluding carboxylic acids is 2. The number of hydrogen-bond donors (Lipinski definition) is 1. The molecule has 0 aromatic heterocycles. The molecular formula is C66H130MgO6. The summed E-state index contributed by atoms with van der Waals surface area (Å²) in [6.45, 7) is 6.84. The van der Waals surface area contributed by atoms with Gasteiger partial charge in [-0.25, -0.2) is 0 Å². The SMILES string of the molecule is CCCCCCCCCCCCCCCCCCCCCC(=O)O.CCCCCCCCCCCCCCCCCCCCCC(=O)[O-].CCCCCCCCCCCCCCCCCCCCCC(=O)[O-].[Mg+2]. The molecule has 0 aliphatic heterocycles. The third-order valence-electron chi connectivity index (χ3n) is 15.0. The molecule has 6 nitrogen and oxygen atoms in total. The van der Waals surface area contributed by atoms with Crippen LogP contribution in [0.25, 0.3) is 0 Å². The van der Waals surface area contributed by atoms with Gasteiger partial charge in [0.25, 0.3) is 0 Å².